The highest BCUT2D eigenvalue weighted by molar-refractivity contribution is 6.30. The van der Waals surface area contributed by atoms with E-state index >= 15 is 4.39 Å². The van der Waals surface area contributed by atoms with Crippen molar-refractivity contribution in [3.05, 3.63) is 93.8 Å². The molecule has 1 fully saturated rings. The summed E-state index contributed by atoms with van der Waals surface area (Å²) in [4.78, 5) is 17.1. The predicted octanol–water partition coefficient (Wildman–Crippen LogP) is 7.57. The monoisotopic (exact) mass is 560 g/mol. The number of carboxylic acid groups (broad SMARTS) is 1. The lowest BCUT2D eigenvalue weighted by Crippen LogP contribution is -2.52. The van der Waals surface area contributed by atoms with Crippen molar-refractivity contribution >= 4 is 29.3 Å². The molecule has 2 aromatic carbocycles. The molecule has 1 saturated carbocycles. The standard InChI is InChI=1S/C33H34ClFN2O3/c34-24-7-5-8-26(20-24)37-33(31(38)39)15-13-32(14-16-33)23(18-22-6-1-3-10-28(22)32)19-25(35)21-40-30-12-17-36-29-11-4-2-9-27(29)30/h1,3,5-8,10,12,17-18,20,25,37H,2,4,9,11,13-16,19,21H2,(H,38,39)/t25-,32?,33?/m0/s1. The zero-order valence-electron chi connectivity index (χ0n) is 22.5. The van der Waals surface area contributed by atoms with Gasteiger partial charge in [-0.3, -0.25) is 4.98 Å². The molecule has 3 aromatic rings. The van der Waals surface area contributed by atoms with Crippen LogP contribution in [0.5, 0.6) is 5.75 Å². The Kier molecular flexibility index (Phi) is 7.30. The molecule has 5 nitrogen and oxygen atoms in total. The fourth-order valence-corrected chi connectivity index (χ4v) is 7.14. The maximum absolute atomic E-state index is 15.6. The molecule has 0 saturated heterocycles. The number of aryl methyl sites for hydroxylation is 1. The molecule has 7 heteroatoms. The minimum Gasteiger partial charge on any atom is -0.490 e. The number of nitrogens with one attached hydrogen (secondary N) is 1. The molecule has 3 aliphatic carbocycles. The van der Waals surface area contributed by atoms with E-state index in [1.54, 1.807) is 18.3 Å². The Labute approximate surface area is 239 Å². The quantitative estimate of drug-likeness (QED) is 0.297. The topological polar surface area (TPSA) is 71.5 Å². The number of hydrogen-bond acceptors (Lipinski definition) is 4. The van der Waals surface area contributed by atoms with Crippen molar-refractivity contribution in [1.82, 2.24) is 4.98 Å². The van der Waals surface area contributed by atoms with Gasteiger partial charge in [0.15, 0.2) is 0 Å². The molecular weight excluding hydrogens is 527 g/mol. The van der Waals surface area contributed by atoms with Crippen molar-refractivity contribution in [1.29, 1.82) is 0 Å². The zero-order chi connectivity index (χ0) is 27.7. The SMILES string of the molecule is O=C(O)C1(Nc2cccc(Cl)c2)CCC2(CC1)C(C[C@H](F)COc1ccnc3c1CCCC3)=Cc1ccccc12. The summed E-state index contributed by atoms with van der Waals surface area (Å²) in [5.41, 5.74) is 4.68. The summed E-state index contributed by atoms with van der Waals surface area (Å²) in [5.74, 6) is -0.127. The molecule has 1 heterocycles. The van der Waals surface area contributed by atoms with Crippen molar-refractivity contribution in [3.63, 3.8) is 0 Å². The summed E-state index contributed by atoms with van der Waals surface area (Å²) in [6.07, 6.45) is 9.10. The van der Waals surface area contributed by atoms with Crippen LogP contribution in [0, 0.1) is 0 Å². The second kappa shape index (κ2) is 10.9. The molecule has 3 aliphatic rings. The first kappa shape index (κ1) is 26.8. The molecule has 0 amide bonds. The second-order valence-electron chi connectivity index (χ2n) is 11.4. The van der Waals surface area contributed by atoms with E-state index in [9.17, 15) is 9.90 Å². The van der Waals surface area contributed by atoms with Crippen LogP contribution in [0.2, 0.25) is 5.02 Å². The molecular formula is C33H34ClFN2O3. The number of carboxylic acids is 1. The Balaban J connectivity index is 1.20. The van der Waals surface area contributed by atoms with E-state index in [0.717, 1.165) is 53.8 Å². The van der Waals surface area contributed by atoms with Gasteiger partial charge >= 0.3 is 5.97 Å². The number of fused-ring (bicyclic) bond motifs is 3. The molecule has 0 radical (unpaired) electrons. The van der Waals surface area contributed by atoms with Crippen molar-refractivity contribution < 1.29 is 19.0 Å². The largest absolute Gasteiger partial charge is 0.490 e. The van der Waals surface area contributed by atoms with E-state index in [2.05, 4.69) is 28.5 Å². The molecule has 2 N–H and O–H groups in total. The van der Waals surface area contributed by atoms with Crippen LogP contribution in [0.1, 0.15) is 67.3 Å². The van der Waals surface area contributed by atoms with Crippen LogP contribution in [0.15, 0.2) is 66.4 Å². The Hall–Kier alpha value is -3.38. The third-order valence-corrected chi connectivity index (χ3v) is 9.28. The van der Waals surface area contributed by atoms with Crippen molar-refractivity contribution in [3.8, 4) is 5.75 Å². The van der Waals surface area contributed by atoms with Gasteiger partial charge in [0.2, 0.25) is 0 Å². The number of hydrogen-bond donors (Lipinski definition) is 2. The number of rotatable bonds is 8. The van der Waals surface area contributed by atoms with Crippen molar-refractivity contribution in [2.75, 3.05) is 11.9 Å². The first-order valence-corrected chi connectivity index (χ1v) is 14.6. The van der Waals surface area contributed by atoms with E-state index < -0.39 is 17.7 Å². The molecule has 0 bridgehead atoms. The Morgan fingerprint density at radius 3 is 2.67 bits per heavy atom. The number of allylic oxidation sites excluding steroid dienone is 1. The lowest BCUT2D eigenvalue weighted by molar-refractivity contribution is -0.143. The van der Waals surface area contributed by atoms with E-state index in [1.165, 1.54) is 5.56 Å². The number of aliphatic carboxylic acids is 1. The van der Waals surface area contributed by atoms with Crippen LogP contribution >= 0.6 is 11.6 Å². The van der Waals surface area contributed by atoms with Gasteiger partial charge in [-0.05, 0) is 86.8 Å². The van der Waals surface area contributed by atoms with Crippen LogP contribution in [0.4, 0.5) is 10.1 Å². The van der Waals surface area contributed by atoms with Gasteiger partial charge in [0, 0.05) is 40.0 Å². The fraction of sp³-hybridized carbons (Fsp3) is 0.394. The van der Waals surface area contributed by atoms with Gasteiger partial charge in [0.05, 0.1) is 0 Å². The highest BCUT2D eigenvalue weighted by Crippen LogP contribution is 2.54. The highest BCUT2D eigenvalue weighted by Gasteiger charge is 2.51. The number of ether oxygens (including phenoxy) is 1. The van der Waals surface area contributed by atoms with Crippen molar-refractivity contribution in [2.45, 2.75) is 74.9 Å². The maximum atomic E-state index is 15.6. The Morgan fingerprint density at radius 2 is 1.88 bits per heavy atom. The van der Waals surface area contributed by atoms with Crippen LogP contribution in [0.25, 0.3) is 6.08 Å². The van der Waals surface area contributed by atoms with Gasteiger partial charge in [0.25, 0.3) is 0 Å². The van der Waals surface area contributed by atoms with E-state index in [4.69, 9.17) is 16.3 Å². The third kappa shape index (κ3) is 4.98. The summed E-state index contributed by atoms with van der Waals surface area (Å²) in [5, 5.41) is 14.2. The van der Waals surface area contributed by atoms with Crippen LogP contribution in [-0.2, 0) is 23.1 Å². The van der Waals surface area contributed by atoms with Crippen molar-refractivity contribution in [2.24, 2.45) is 0 Å². The number of benzene rings is 2. The van der Waals surface area contributed by atoms with Crippen LogP contribution in [0.3, 0.4) is 0 Å². The first-order chi connectivity index (χ1) is 19.4. The fourth-order valence-electron chi connectivity index (χ4n) is 6.95. The smallest absolute Gasteiger partial charge is 0.329 e. The van der Waals surface area contributed by atoms with E-state index in [0.29, 0.717) is 36.4 Å². The minimum atomic E-state index is -1.18. The third-order valence-electron chi connectivity index (χ3n) is 9.05. The highest BCUT2D eigenvalue weighted by atomic mass is 35.5. The van der Waals surface area contributed by atoms with Crippen LogP contribution < -0.4 is 10.1 Å². The number of nitrogens with zero attached hydrogens (tertiary/aromatic N) is 1. The number of halogens is 2. The molecule has 1 aromatic heterocycles. The zero-order valence-corrected chi connectivity index (χ0v) is 23.2. The molecule has 208 valence electrons. The molecule has 0 unspecified atom stereocenters. The normalized spacial score (nSPS) is 24.1. The van der Waals surface area contributed by atoms with Gasteiger partial charge in [0.1, 0.15) is 24.1 Å². The summed E-state index contributed by atoms with van der Waals surface area (Å²) < 4.78 is 21.7. The number of carbonyl (C=O) groups is 1. The number of alkyl halides is 1. The van der Waals surface area contributed by atoms with Crippen LogP contribution in [-0.4, -0.2) is 34.4 Å². The van der Waals surface area contributed by atoms with Gasteiger partial charge in [-0.2, -0.15) is 0 Å². The average Bonchev–Trinajstić information content (AvgIpc) is 3.25. The minimum absolute atomic E-state index is 0.0182. The molecule has 1 spiro atoms. The maximum Gasteiger partial charge on any atom is 0.329 e. The summed E-state index contributed by atoms with van der Waals surface area (Å²) in [7, 11) is 0. The van der Waals surface area contributed by atoms with Gasteiger partial charge in [-0.25, -0.2) is 9.18 Å². The molecule has 0 aliphatic heterocycles. The van der Waals surface area contributed by atoms with Gasteiger partial charge in [-0.15, -0.1) is 0 Å². The second-order valence-corrected chi connectivity index (χ2v) is 11.9. The van der Waals surface area contributed by atoms with Gasteiger partial charge in [-0.1, -0.05) is 53.6 Å². The summed E-state index contributed by atoms with van der Waals surface area (Å²) in [6, 6.07) is 17.2. The predicted molar refractivity (Wildman–Crippen MR) is 156 cm³/mol. The van der Waals surface area contributed by atoms with E-state index in [1.807, 2.05) is 30.3 Å². The lowest BCUT2D eigenvalue weighted by atomic mass is 9.61. The van der Waals surface area contributed by atoms with Gasteiger partial charge < -0.3 is 15.2 Å². The molecule has 40 heavy (non-hydrogen) atoms. The Bertz CT molecular complexity index is 1450. The summed E-state index contributed by atoms with van der Waals surface area (Å²) >= 11 is 6.17. The lowest BCUT2D eigenvalue weighted by Gasteiger charge is -2.45. The number of pyridine rings is 1. The molecule has 1 atom stereocenters. The average molecular weight is 561 g/mol. The molecule has 6 rings (SSSR count). The number of aromatic nitrogens is 1. The Morgan fingerprint density at radius 1 is 1.07 bits per heavy atom. The summed E-state index contributed by atoms with van der Waals surface area (Å²) in [6.45, 7) is -0.0182. The number of anilines is 1. The first-order valence-electron chi connectivity index (χ1n) is 14.2. The van der Waals surface area contributed by atoms with E-state index in [-0.39, 0.29) is 18.4 Å².